The summed E-state index contributed by atoms with van der Waals surface area (Å²) in [6, 6.07) is 10.5. The molecule has 0 heterocycles. The molecule has 0 saturated heterocycles. The van der Waals surface area contributed by atoms with E-state index in [-0.39, 0.29) is 36.9 Å². The molecule has 2 rings (SSSR count). The number of carbonyl (C=O) groups excluding carboxylic acids is 1. The summed E-state index contributed by atoms with van der Waals surface area (Å²) >= 11 is 0. The van der Waals surface area contributed by atoms with Crippen molar-refractivity contribution in [3.63, 3.8) is 0 Å². The van der Waals surface area contributed by atoms with Gasteiger partial charge in [-0.1, -0.05) is 18.2 Å². The van der Waals surface area contributed by atoms with Gasteiger partial charge in [-0.2, -0.15) is 0 Å². The van der Waals surface area contributed by atoms with Gasteiger partial charge in [0.25, 0.3) is 0 Å². The maximum Gasteiger partial charge on any atom is 0.220 e. The minimum absolute atomic E-state index is 0.167. The minimum Gasteiger partial charge on any atom is -0.392 e. The van der Waals surface area contributed by atoms with Gasteiger partial charge in [0.2, 0.25) is 5.91 Å². The molecule has 0 atom stereocenters. The maximum atomic E-state index is 13.2. The molecule has 116 valence electrons. The van der Waals surface area contributed by atoms with Crippen LogP contribution in [-0.2, 0) is 24.4 Å². The molecular formula is C17H17F2NO2. The van der Waals surface area contributed by atoms with Gasteiger partial charge in [-0.15, -0.1) is 0 Å². The fourth-order valence-corrected chi connectivity index (χ4v) is 2.10. The van der Waals surface area contributed by atoms with E-state index in [0.717, 1.165) is 5.56 Å². The standard InChI is InChI=1S/C17H17F2NO2/c18-15-3-1-2-12(9-15)5-7-17(22)20-10-13-4-6-16(19)14(8-13)11-21/h1-4,6,8-9,21H,5,7,10-11H2,(H,20,22). The molecule has 0 aliphatic heterocycles. The highest BCUT2D eigenvalue weighted by atomic mass is 19.1. The van der Waals surface area contributed by atoms with Crippen LogP contribution in [0.2, 0.25) is 0 Å². The Morgan fingerprint density at radius 2 is 1.91 bits per heavy atom. The van der Waals surface area contributed by atoms with Gasteiger partial charge in [0, 0.05) is 18.5 Å². The van der Waals surface area contributed by atoms with E-state index in [0.29, 0.717) is 12.0 Å². The zero-order chi connectivity index (χ0) is 15.9. The van der Waals surface area contributed by atoms with Crippen LogP contribution in [0.5, 0.6) is 0 Å². The molecule has 0 aliphatic carbocycles. The van der Waals surface area contributed by atoms with Gasteiger partial charge >= 0.3 is 0 Å². The maximum absolute atomic E-state index is 13.2. The van der Waals surface area contributed by atoms with E-state index in [1.807, 2.05) is 0 Å². The Labute approximate surface area is 127 Å². The molecule has 5 heteroatoms. The van der Waals surface area contributed by atoms with Crippen LogP contribution in [0.3, 0.4) is 0 Å². The number of aliphatic hydroxyl groups is 1. The fraction of sp³-hybridized carbons (Fsp3) is 0.235. The van der Waals surface area contributed by atoms with Crippen LogP contribution in [0.4, 0.5) is 8.78 Å². The van der Waals surface area contributed by atoms with Crippen LogP contribution >= 0.6 is 0 Å². The van der Waals surface area contributed by atoms with Crippen LogP contribution in [0.15, 0.2) is 42.5 Å². The SMILES string of the molecule is O=C(CCc1cccc(F)c1)NCc1ccc(F)c(CO)c1. The van der Waals surface area contributed by atoms with Crippen LogP contribution in [0, 0.1) is 11.6 Å². The van der Waals surface area contributed by atoms with Crippen LogP contribution in [0.25, 0.3) is 0 Å². The van der Waals surface area contributed by atoms with Crippen LogP contribution in [0.1, 0.15) is 23.1 Å². The van der Waals surface area contributed by atoms with Gasteiger partial charge < -0.3 is 10.4 Å². The predicted octanol–water partition coefficient (Wildman–Crippen LogP) is 2.71. The van der Waals surface area contributed by atoms with Crippen molar-refractivity contribution >= 4 is 5.91 Å². The summed E-state index contributed by atoms with van der Waals surface area (Å²) in [6.45, 7) is -0.123. The summed E-state index contributed by atoms with van der Waals surface area (Å²) in [5.41, 5.74) is 1.68. The number of carbonyl (C=O) groups is 1. The lowest BCUT2D eigenvalue weighted by atomic mass is 10.1. The number of rotatable bonds is 6. The summed E-state index contributed by atoms with van der Waals surface area (Å²) in [4.78, 5) is 11.8. The first kappa shape index (κ1) is 16.1. The first-order valence-corrected chi connectivity index (χ1v) is 6.98. The smallest absolute Gasteiger partial charge is 0.220 e. The second-order valence-electron chi connectivity index (χ2n) is 4.99. The average molecular weight is 305 g/mol. The molecule has 0 radical (unpaired) electrons. The van der Waals surface area contributed by atoms with Gasteiger partial charge in [0.1, 0.15) is 11.6 Å². The molecule has 0 aromatic heterocycles. The number of amides is 1. The van der Waals surface area contributed by atoms with E-state index in [9.17, 15) is 13.6 Å². The second-order valence-corrected chi connectivity index (χ2v) is 4.99. The lowest BCUT2D eigenvalue weighted by Gasteiger charge is -2.07. The quantitative estimate of drug-likeness (QED) is 0.862. The molecule has 0 bridgehead atoms. The molecule has 2 aromatic carbocycles. The lowest BCUT2D eigenvalue weighted by molar-refractivity contribution is -0.121. The van der Waals surface area contributed by atoms with E-state index < -0.39 is 5.82 Å². The third-order valence-corrected chi connectivity index (χ3v) is 3.30. The first-order valence-electron chi connectivity index (χ1n) is 6.98. The predicted molar refractivity (Wildman–Crippen MR) is 78.9 cm³/mol. The molecule has 0 fully saturated rings. The van der Waals surface area contributed by atoms with E-state index in [2.05, 4.69) is 5.32 Å². The highest BCUT2D eigenvalue weighted by Crippen LogP contribution is 2.11. The van der Waals surface area contributed by atoms with E-state index in [1.165, 1.54) is 24.3 Å². The van der Waals surface area contributed by atoms with Crippen molar-refractivity contribution in [2.45, 2.75) is 26.0 Å². The Morgan fingerprint density at radius 1 is 1.09 bits per heavy atom. The number of hydrogen-bond acceptors (Lipinski definition) is 2. The summed E-state index contributed by atoms with van der Waals surface area (Å²) in [6.07, 6.45) is 0.701. The molecule has 22 heavy (non-hydrogen) atoms. The van der Waals surface area contributed by atoms with Gasteiger partial charge in [0.05, 0.1) is 6.61 Å². The van der Waals surface area contributed by atoms with Gasteiger partial charge in [-0.3, -0.25) is 4.79 Å². The van der Waals surface area contributed by atoms with Crippen molar-refractivity contribution in [3.8, 4) is 0 Å². The van der Waals surface area contributed by atoms with Crippen molar-refractivity contribution in [1.82, 2.24) is 5.32 Å². The molecular weight excluding hydrogens is 288 g/mol. The zero-order valence-corrected chi connectivity index (χ0v) is 12.0. The number of aryl methyl sites for hydroxylation is 1. The Bertz CT molecular complexity index is 659. The number of aliphatic hydroxyl groups excluding tert-OH is 1. The Kier molecular flexibility index (Phi) is 5.61. The minimum atomic E-state index is -0.469. The fourth-order valence-electron chi connectivity index (χ4n) is 2.10. The van der Waals surface area contributed by atoms with Crippen LogP contribution < -0.4 is 5.32 Å². The summed E-state index contributed by atoms with van der Waals surface area (Å²) in [5.74, 6) is -0.955. The van der Waals surface area contributed by atoms with Crippen molar-refractivity contribution in [3.05, 3.63) is 70.8 Å². The van der Waals surface area contributed by atoms with E-state index in [1.54, 1.807) is 18.2 Å². The van der Waals surface area contributed by atoms with Gasteiger partial charge in [-0.25, -0.2) is 8.78 Å². The monoisotopic (exact) mass is 305 g/mol. The van der Waals surface area contributed by atoms with Crippen molar-refractivity contribution in [2.24, 2.45) is 0 Å². The normalized spacial score (nSPS) is 10.5. The van der Waals surface area contributed by atoms with Crippen molar-refractivity contribution in [2.75, 3.05) is 0 Å². The molecule has 0 unspecified atom stereocenters. The van der Waals surface area contributed by atoms with Crippen LogP contribution in [-0.4, -0.2) is 11.0 Å². The molecule has 2 aromatic rings. The lowest BCUT2D eigenvalue weighted by Crippen LogP contribution is -2.23. The average Bonchev–Trinajstić information content (AvgIpc) is 2.52. The third kappa shape index (κ3) is 4.63. The number of hydrogen-bond donors (Lipinski definition) is 2. The Balaban J connectivity index is 1.83. The topological polar surface area (TPSA) is 49.3 Å². The first-order chi connectivity index (χ1) is 10.6. The van der Waals surface area contributed by atoms with Crippen molar-refractivity contribution in [1.29, 1.82) is 0 Å². The number of nitrogens with one attached hydrogen (secondary N) is 1. The van der Waals surface area contributed by atoms with E-state index >= 15 is 0 Å². The summed E-state index contributed by atoms with van der Waals surface area (Å²) in [7, 11) is 0. The van der Waals surface area contributed by atoms with E-state index in [4.69, 9.17) is 5.11 Å². The Hall–Kier alpha value is -2.27. The number of halogens is 2. The molecule has 0 aliphatic rings. The molecule has 3 nitrogen and oxygen atoms in total. The second kappa shape index (κ2) is 7.66. The summed E-state index contributed by atoms with van der Waals surface area (Å²) in [5, 5.41) is 11.7. The number of benzene rings is 2. The van der Waals surface area contributed by atoms with Crippen molar-refractivity contribution < 1.29 is 18.7 Å². The molecule has 2 N–H and O–H groups in total. The molecule has 1 amide bonds. The largest absolute Gasteiger partial charge is 0.392 e. The van der Waals surface area contributed by atoms with Gasteiger partial charge in [-0.05, 0) is 41.8 Å². The van der Waals surface area contributed by atoms with Gasteiger partial charge in [0.15, 0.2) is 0 Å². The summed E-state index contributed by atoms with van der Waals surface area (Å²) < 4.78 is 26.2. The third-order valence-electron chi connectivity index (χ3n) is 3.30. The highest BCUT2D eigenvalue weighted by Gasteiger charge is 2.06. The Morgan fingerprint density at radius 3 is 2.64 bits per heavy atom. The highest BCUT2D eigenvalue weighted by molar-refractivity contribution is 5.76. The molecule has 0 spiro atoms. The molecule has 0 saturated carbocycles. The zero-order valence-electron chi connectivity index (χ0n) is 12.0.